The number of nitrogens with one attached hydrogen (secondary N) is 2. The SMILES string of the molecule is CCNc1c(CCC#N)ccc(C)c1-c1cc(N(C)C)ccc1Cc1ccc(N(C)C)cc1-c1c(C)ccc(CCC#N)c1NCC. The monoisotopic (exact) mass is 626 g/mol. The van der Waals surface area contributed by atoms with Crippen molar-refractivity contribution in [2.75, 3.05) is 61.7 Å². The maximum atomic E-state index is 9.40. The molecule has 0 heterocycles. The van der Waals surface area contributed by atoms with Crippen LogP contribution in [0.5, 0.6) is 0 Å². The molecule has 0 saturated carbocycles. The molecule has 2 N–H and O–H groups in total. The van der Waals surface area contributed by atoms with Gasteiger partial charge in [0, 0.05) is 88.0 Å². The van der Waals surface area contributed by atoms with Crippen LogP contribution in [-0.2, 0) is 19.3 Å². The fraction of sp³-hybridized carbons (Fsp3) is 0.366. The third-order valence-corrected chi connectivity index (χ3v) is 8.86. The van der Waals surface area contributed by atoms with Gasteiger partial charge in [0.1, 0.15) is 0 Å². The molecule has 0 aliphatic heterocycles. The van der Waals surface area contributed by atoms with E-state index in [1.165, 1.54) is 55.6 Å². The lowest BCUT2D eigenvalue weighted by molar-refractivity contribution is 1.00. The van der Waals surface area contributed by atoms with Crippen LogP contribution in [0.2, 0.25) is 0 Å². The maximum absolute atomic E-state index is 9.40. The molecule has 0 aliphatic rings. The van der Waals surface area contributed by atoms with Crippen LogP contribution in [0, 0.1) is 36.5 Å². The first-order chi connectivity index (χ1) is 22.6. The van der Waals surface area contributed by atoms with E-state index in [2.05, 4.69) is 149 Å². The second-order valence-corrected chi connectivity index (χ2v) is 12.6. The summed E-state index contributed by atoms with van der Waals surface area (Å²) in [6.07, 6.45) is 3.12. The van der Waals surface area contributed by atoms with Crippen molar-refractivity contribution in [3.05, 3.63) is 94.0 Å². The van der Waals surface area contributed by atoms with Crippen LogP contribution in [0.15, 0.2) is 60.7 Å². The van der Waals surface area contributed by atoms with Gasteiger partial charge in [0.15, 0.2) is 0 Å². The second kappa shape index (κ2) is 16.1. The standard InChI is InChI=1S/C41H50N6/c1-9-44-40-30(13-11-23-42)17-15-28(3)38(40)36-26-34(46(5)6)21-19-32(36)25-33-20-22-35(47(7)8)27-37(33)39-29(4)16-18-31(14-12-24-43)41(39)45-10-2/h15-22,26-27,44-45H,9-14,25H2,1-8H3. The lowest BCUT2D eigenvalue weighted by Gasteiger charge is -2.25. The first kappa shape index (κ1) is 34.9. The molecule has 0 fully saturated rings. The molecule has 0 bridgehead atoms. The fourth-order valence-electron chi connectivity index (χ4n) is 6.41. The van der Waals surface area contributed by atoms with Gasteiger partial charge >= 0.3 is 0 Å². The van der Waals surface area contributed by atoms with Crippen LogP contribution in [-0.4, -0.2) is 41.3 Å². The number of rotatable bonds is 14. The largest absolute Gasteiger partial charge is 0.385 e. The number of nitriles is 2. The van der Waals surface area contributed by atoms with Crippen molar-refractivity contribution in [2.24, 2.45) is 0 Å². The predicted molar refractivity (Wildman–Crippen MR) is 201 cm³/mol. The molecule has 0 unspecified atom stereocenters. The Morgan fingerprint density at radius 1 is 0.574 bits per heavy atom. The van der Waals surface area contributed by atoms with Gasteiger partial charge in [-0.05, 0) is 116 Å². The van der Waals surface area contributed by atoms with Gasteiger partial charge in [-0.25, -0.2) is 0 Å². The summed E-state index contributed by atoms with van der Waals surface area (Å²) in [5.74, 6) is 0. The summed E-state index contributed by atoms with van der Waals surface area (Å²) in [6.45, 7) is 10.2. The van der Waals surface area contributed by atoms with Crippen molar-refractivity contribution >= 4 is 22.7 Å². The molecule has 47 heavy (non-hydrogen) atoms. The third-order valence-electron chi connectivity index (χ3n) is 8.86. The van der Waals surface area contributed by atoms with Gasteiger partial charge in [-0.3, -0.25) is 0 Å². The zero-order valence-corrected chi connectivity index (χ0v) is 29.5. The van der Waals surface area contributed by atoms with Crippen molar-refractivity contribution < 1.29 is 0 Å². The van der Waals surface area contributed by atoms with Crippen LogP contribution in [0.3, 0.4) is 0 Å². The van der Waals surface area contributed by atoms with Crippen LogP contribution in [0.25, 0.3) is 22.3 Å². The van der Waals surface area contributed by atoms with Crippen molar-refractivity contribution in [3.63, 3.8) is 0 Å². The van der Waals surface area contributed by atoms with Crippen molar-refractivity contribution in [3.8, 4) is 34.4 Å². The summed E-state index contributed by atoms with van der Waals surface area (Å²) in [6, 6.07) is 27.0. The molecule has 0 saturated heterocycles. The Bertz CT molecular complexity index is 1660. The van der Waals surface area contributed by atoms with Crippen LogP contribution in [0.1, 0.15) is 60.1 Å². The number of benzene rings is 4. The summed E-state index contributed by atoms with van der Waals surface area (Å²) < 4.78 is 0. The van der Waals surface area contributed by atoms with E-state index in [9.17, 15) is 10.5 Å². The minimum Gasteiger partial charge on any atom is -0.385 e. The summed E-state index contributed by atoms with van der Waals surface area (Å²) in [7, 11) is 8.34. The highest BCUT2D eigenvalue weighted by Gasteiger charge is 2.21. The summed E-state index contributed by atoms with van der Waals surface area (Å²) in [4.78, 5) is 4.32. The number of aryl methyl sites for hydroxylation is 4. The maximum Gasteiger partial charge on any atom is 0.0625 e. The molecule has 0 aliphatic carbocycles. The van der Waals surface area contributed by atoms with E-state index in [0.29, 0.717) is 25.7 Å². The van der Waals surface area contributed by atoms with E-state index in [-0.39, 0.29) is 0 Å². The molecule has 0 aromatic heterocycles. The van der Waals surface area contributed by atoms with E-state index < -0.39 is 0 Å². The highest BCUT2D eigenvalue weighted by molar-refractivity contribution is 5.89. The van der Waals surface area contributed by atoms with Crippen LogP contribution in [0.4, 0.5) is 22.7 Å². The zero-order valence-electron chi connectivity index (χ0n) is 29.5. The molecule has 0 radical (unpaired) electrons. The average Bonchev–Trinajstić information content (AvgIpc) is 3.05. The molecule has 0 atom stereocenters. The first-order valence-electron chi connectivity index (χ1n) is 16.7. The average molecular weight is 627 g/mol. The molecule has 0 spiro atoms. The summed E-state index contributed by atoms with van der Waals surface area (Å²) in [5, 5.41) is 26.2. The van der Waals surface area contributed by atoms with Crippen LogP contribution >= 0.6 is 0 Å². The van der Waals surface area contributed by atoms with Gasteiger partial charge in [0.05, 0.1) is 12.1 Å². The molecule has 6 nitrogen and oxygen atoms in total. The van der Waals surface area contributed by atoms with Gasteiger partial charge in [-0.1, -0.05) is 36.4 Å². The molecule has 4 rings (SSSR count). The van der Waals surface area contributed by atoms with E-state index in [0.717, 1.165) is 42.3 Å². The van der Waals surface area contributed by atoms with Crippen molar-refractivity contribution in [1.29, 1.82) is 10.5 Å². The Labute approximate surface area is 282 Å². The normalized spacial score (nSPS) is 10.7. The zero-order chi connectivity index (χ0) is 34.1. The van der Waals surface area contributed by atoms with E-state index in [1.54, 1.807) is 0 Å². The van der Waals surface area contributed by atoms with Gasteiger partial charge in [0.2, 0.25) is 0 Å². The van der Waals surface area contributed by atoms with Gasteiger partial charge in [0.25, 0.3) is 0 Å². The predicted octanol–water partition coefficient (Wildman–Crippen LogP) is 9.14. The number of hydrogen-bond donors (Lipinski definition) is 2. The minimum absolute atomic E-state index is 0.480. The first-order valence-corrected chi connectivity index (χ1v) is 16.7. The molecular weight excluding hydrogens is 576 g/mol. The topological polar surface area (TPSA) is 78.1 Å². The minimum atomic E-state index is 0.480. The Hall–Kier alpha value is -4.94. The highest BCUT2D eigenvalue weighted by atomic mass is 15.1. The lowest BCUT2D eigenvalue weighted by Crippen LogP contribution is -2.11. The van der Waals surface area contributed by atoms with Crippen molar-refractivity contribution in [1.82, 2.24) is 0 Å². The van der Waals surface area contributed by atoms with Gasteiger partial charge < -0.3 is 20.4 Å². The summed E-state index contributed by atoms with van der Waals surface area (Å²) in [5.41, 5.74) is 16.6. The molecule has 0 amide bonds. The van der Waals surface area contributed by atoms with E-state index in [1.807, 2.05) is 0 Å². The molecule has 4 aromatic carbocycles. The lowest BCUT2D eigenvalue weighted by atomic mass is 9.85. The quantitative estimate of drug-likeness (QED) is 0.145. The second-order valence-electron chi connectivity index (χ2n) is 12.6. The van der Waals surface area contributed by atoms with E-state index in [4.69, 9.17) is 0 Å². The molecule has 244 valence electrons. The summed E-state index contributed by atoms with van der Waals surface area (Å²) >= 11 is 0. The Morgan fingerprint density at radius 2 is 0.957 bits per heavy atom. The molecule has 4 aromatic rings. The Morgan fingerprint density at radius 3 is 1.30 bits per heavy atom. The van der Waals surface area contributed by atoms with E-state index >= 15 is 0 Å². The fourth-order valence-corrected chi connectivity index (χ4v) is 6.41. The van der Waals surface area contributed by atoms with Crippen molar-refractivity contribution in [2.45, 2.75) is 59.8 Å². The van der Waals surface area contributed by atoms with Crippen LogP contribution < -0.4 is 20.4 Å². The number of hydrogen-bond acceptors (Lipinski definition) is 6. The smallest absolute Gasteiger partial charge is 0.0625 e. The molecular formula is C41H50N6. The van der Waals surface area contributed by atoms with Gasteiger partial charge in [-0.2, -0.15) is 10.5 Å². The third kappa shape index (κ3) is 7.90. The number of anilines is 4. The number of nitrogens with zero attached hydrogens (tertiary/aromatic N) is 4. The van der Waals surface area contributed by atoms with Gasteiger partial charge in [-0.15, -0.1) is 0 Å². The Balaban J connectivity index is 2.01. The molecule has 6 heteroatoms. The Kier molecular flexibility index (Phi) is 11.9. The highest BCUT2D eigenvalue weighted by Crippen LogP contribution is 2.42.